The number of epoxide rings is 1. The first kappa shape index (κ1) is 30.6. The van der Waals surface area contributed by atoms with E-state index in [9.17, 15) is 27.5 Å². The Morgan fingerprint density at radius 1 is 0.721 bits per heavy atom. The average Bonchev–Trinajstić information content (AvgIpc) is 3.86. The van der Waals surface area contributed by atoms with Crippen LogP contribution in [0.4, 0.5) is 17.6 Å². The zero-order valence-electron chi connectivity index (χ0n) is 24.8. The van der Waals surface area contributed by atoms with E-state index in [1.165, 1.54) is 13.0 Å². The summed E-state index contributed by atoms with van der Waals surface area (Å²) in [5, 5.41) is 9.64. The smallest absolute Gasteiger partial charge is 0.309 e. The Hall–Kier alpha value is -2.45. The van der Waals surface area contributed by atoms with E-state index in [2.05, 4.69) is 0 Å². The molecule has 4 nitrogen and oxygen atoms in total. The van der Waals surface area contributed by atoms with Crippen molar-refractivity contribution in [1.82, 2.24) is 0 Å². The van der Waals surface area contributed by atoms with E-state index in [0.717, 1.165) is 51.4 Å². The molecular formula is C35H42F4O4. The Balaban J connectivity index is 0.934. The summed E-state index contributed by atoms with van der Waals surface area (Å²) in [5.74, 6) is -2.71. The van der Waals surface area contributed by atoms with Crippen LogP contribution in [0.2, 0.25) is 0 Å². The third-order valence-corrected chi connectivity index (χ3v) is 10.8. The van der Waals surface area contributed by atoms with E-state index < -0.39 is 29.4 Å². The lowest BCUT2D eigenvalue weighted by molar-refractivity contribution is -0.157. The van der Waals surface area contributed by atoms with Crippen LogP contribution in [0.3, 0.4) is 0 Å². The number of aliphatic hydroxyl groups is 1. The van der Waals surface area contributed by atoms with Gasteiger partial charge in [0.25, 0.3) is 0 Å². The Labute approximate surface area is 251 Å². The molecule has 2 unspecified atom stereocenters. The first-order valence-electron chi connectivity index (χ1n) is 16.2. The van der Waals surface area contributed by atoms with Crippen LogP contribution in [0.1, 0.15) is 130 Å². The molecule has 2 aromatic rings. The fourth-order valence-corrected chi connectivity index (χ4v) is 8.07. The van der Waals surface area contributed by atoms with Crippen molar-refractivity contribution in [1.29, 1.82) is 0 Å². The Morgan fingerprint density at radius 2 is 1.19 bits per heavy atom. The molecule has 3 saturated carbocycles. The molecule has 0 aromatic heterocycles. The molecule has 3 aliphatic carbocycles. The molecule has 2 aromatic carbocycles. The van der Waals surface area contributed by atoms with Gasteiger partial charge in [0, 0.05) is 11.1 Å². The van der Waals surface area contributed by atoms with E-state index in [0.29, 0.717) is 60.8 Å². The fourth-order valence-electron chi connectivity index (χ4n) is 8.07. The molecule has 0 bridgehead atoms. The van der Waals surface area contributed by atoms with Crippen LogP contribution in [0.25, 0.3) is 0 Å². The van der Waals surface area contributed by atoms with Crippen LogP contribution in [-0.2, 0) is 14.3 Å². The van der Waals surface area contributed by atoms with E-state index in [4.69, 9.17) is 9.47 Å². The molecule has 234 valence electrons. The quantitative estimate of drug-likeness (QED) is 0.196. The predicted molar refractivity (Wildman–Crippen MR) is 153 cm³/mol. The summed E-state index contributed by atoms with van der Waals surface area (Å²) in [5.41, 5.74) is 1.10. The van der Waals surface area contributed by atoms with Gasteiger partial charge in [-0.1, -0.05) is 24.3 Å². The number of rotatable bonds is 7. The summed E-state index contributed by atoms with van der Waals surface area (Å²) in [4.78, 5) is 13.0. The standard InChI is InChI=1S/C35H42F4O4/c1-19(40)26-14-15-27(32(37)31(26)36)23-6-8-24(9-7-23)35(41)43-25-12-10-21(11-13-25)20-2-4-22(5-3-20)28-16-17-29(30-18-42-30)34(39)33(28)38/h14-17,19-25,30,40H,2-13,18H2,1H3. The summed E-state index contributed by atoms with van der Waals surface area (Å²) in [7, 11) is 0. The molecule has 0 radical (unpaired) electrons. The minimum atomic E-state index is -1.08. The predicted octanol–water partition coefficient (Wildman–Crippen LogP) is 8.72. The van der Waals surface area contributed by atoms with Crippen molar-refractivity contribution in [2.45, 2.75) is 114 Å². The number of carbonyl (C=O) groups is 1. The molecular weight excluding hydrogens is 560 g/mol. The van der Waals surface area contributed by atoms with Gasteiger partial charge in [0.2, 0.25) is 0 Å². The molecule has 43 heavy (non-hydrogen) atoms. The van der Waals surface area contributed by atoms with Crippen LogP contribution in [0, 0.1) is 41.0 Å². The maximum atomic E-state index is 14.8. The summed E-state index contributed by atoms with van der Waals surface area (Å²) in [6.07, 6.45) is 8.33. The van der Waals surface area contributed by atoms with Crippen LogP contribution in [0.5, 0.6) is 0 Å². The zero-order valence-corrected chi connectivity index (χ0v) is 24.8. The van der Waals surface area contributed by atoms with Crippen molar-refractivity contribution in [3.8, 4) is 0 Å². The number of carbonyl (C=O) groups excluding carboxylic acids is 1. The fraction of sp³-hybridized carbons (Fsp3) is 0.629. The maximum absolute atomic E-state index is 14.8. The highest BCUT2D eigenvalue weighted by Gasteiger charge is 2.36. The molecule has 1 saturated heterocycles. The first-order valence-corrected chi connectivity index (χ1v) is 16.2. The lowest BCUT2D eigenvalue weighted by atomic mass is 9.69. The third-order valence-electron chi connectivity index (χ3n) is 10.8. The number of aliphatic hydroxyl groups excluding tert-OH is 1. The Kier molecular flexibility index (Phi) is 9.16. The van der Waals surface area contributed by atoms with Gasteiger partial charge in [-0.3, -0.25) is 4.79 Å². The molecule has 1 heterocycles. The molecule has 0 amide bonds. The van der Waals surface area contributed by atoms with Crippen LogP contribution in [-0.4, -0.2) is 23.8 Å². The van der Waals surface area contributed by atoms with Gasteiger partial charge in [-0.05, 0) is 119 Å². The van der Waals surface area contributed by atoms with Crippen molar-refractivity contribution in [2.24, 2.45) is 17.8 Å². The number of ether oxygens (including phenoxy) is 2. The molecule has 8 heteroatoms. The minimum Gasteiger partial charge on any atom is -0.462 e. The zero-order chi connectivity index (χ0) is 30.2. The van der Waals surface area contributed by atoms with Gasteiger partial charge in [0.15, 0.2) is 23.3 Å². The molecule has 4 fully saturated rings. The van der Waals surface area contributed by atoms with Crippen molar-refractivity contribution < 1.29 is 36.9 Å². The van der Waals surface area contributed by atoms with Crippen LogP contribution >= 0.6 is 0 Å². The molecule has 6 rings (SSSR count). The second-order valence-corrected chi connectivity index (χ2v) is 13.4. The molecule has 0 spiro atoms. The van der Waals surface area contributed by atoms with Gasteiger partial charge in [0.05, 0.1) is 18.6 Å². The van der Waals surface area contributed by atoms with E-state index in [1.54, 1.807) is 18.2 Å². The van der Waals surface area contributed by atoms with Gasteiger partial charge < -0.3 is 14.6 Å². The molecule has 4 aliphatic rings. The normalized spacial score (nSPS) is 31.8. The van der Waals surface area contributed by atoms with E-state index >= 15 is 0 Å². The summed E-state index contributed by atoms with van der Waals surface area (Å²) in [6, 6.07) is 6.45. The van der Waals surface area contributed by atoms with Crippen molar-refractivity contribution in [3.63, 3.8) is 0 Å². The highest BCUT2D eigenvalue weighted by Crippen LogP contribution is 2.45. The lowest BCUT2D eigenvalue weighted by Gasteiger charge is -2.38. The number of halogens is 4. The lowest BCUT2D eigenvalue weighted by Crippen LogP contribution is -2.32. The Bertz CT molecular complexity index is 1300. The minimum absolute atomic E-state index is 0.0431. The van der Waals surface area contributed by atoms with Crippen LogP contribution < -0.4 is 0 Å². The number of esters is 1. The van der Waals surface area contributed by atoms with Crippen molar-refractivity contribution in [3.05, 3.63) is 69.8 Å². The van der Waals surface area contributed by atoms with Gasteiger partial charge in [-0.25, -0.2) is 17.6 Å². The van der Waals surface area contributed by atoms with E-state index in [1.807, 2.05) is 0 Å². The number of hydrogen-bond acceptors (Lipinski definition) is 4. The SMILES string of the molecule is CC(O)c1ccc(C2CCC(C(=O)OC3CCC(C4CCC(c5ccc(C6CO6)c(F)c5F)CC4)CC3)CC2)c(F)c1F. The summed E-state index contributed by atoms with van der Waals surface area (Å²) >= 11 is 0. The second-order valence-electron chi connectivity index (χ2n) is 13.4. The maximum Gasteiger partial charge on any atom is 0.309 e. The molecule has 1 aliphatic heterocycles. The topological polar surface area (TPSA) is 59.1 Å². The van der Waals surface area contributed by atoms with E-state index in [-0.39, 0.29) is 41.5 Å². The largest absolute Gasteiger partial charge is 0.462 e. The van der Waals surface area contributed by atoms with Gasteiger partial charge in [-0.15, -0.1) is 0 Å². The summed E-state index contributed by atoms with van der Waals surface area (Å²) < 4.78 is 69.5. The van der Waals surface area contributed by atoms with Gasteiger partial charge in [0.1, 0.15) is 12.2 Å². The van der Waals surface area contributed by atoms with Gasteiger partial charge in [-0.2, -0.15) is 0 Å². The van der Waals surface area contributed by atoms with Gasteiger partial charge >= 0.3 is 5.97 Å². The first-order chi connectivity index (χ1) is 20.7. The Morgan fingerprint density at radius 3 is 1.74 bits per heavy atom. The highest BCUT2D eigenvalue weighted by molar-refractivity contribution is 5.72. The number of benzene rings is 2. The average molecular weight is 603 g/mol. The second kappa shape index (κ2) is 12.9. The molecule has 1 N–H and O–H groups in total. The highest BCUT2D eigenvalue weighted by atomic mass is 19.2. The molecule has 2 atom stereocenters. The monoisotopic (exact) mass is 602 g/mol. The van der Waals surface area contributed by atoms with Crippen molar-refractivity contribution in [2.75, 3.05) is 6.61 Å². The van der Waals surface area contributed by atoms with Crippen LogP contribution in [0.15, 0.2) is 24.3 Å². The third kappa shape index (κ3) is 6.51. The summed E-state index contributed by atoms with van der Waals surface area (Å²) in [6.45, 7) is 1.86. The number of hydrogen-bond donors (Lipinski definition) is 1. The van der Waals surface area contributed by atoms with Crippen molar-refractivity contribution >= 4 is 5.97 Å².